The number of nitrogens with one attached hydrogen (secondary N) is 1. The fourth-order valence-electron chi connectivity index (χ4n) is 4.06. The van der Waals surface area contributed by atoms with Crippen molar-refractivity contribution < 1.29 is 4.79 Å². The van der Waals surface area contributed by atoms with Crippen molar-refractivity contribution in [1.82, 2.24) is 9.58 Å². The molecule has 2 aliphatic heterocycles. The summed E-state index contributed by atoms with van der Waals surface area (Å²) in [5.41, 5.74) is 5.22. The van der Waals surface area contributed by atoms with Gasteiger partial charge in [-0.2, -0.15) is 15.1 Å². The van der Waals surface area contributed by atoms with Gasteiger partial charge in [0, 0.05) is 28.7 Å². The molecule has 166 valence electrons. The zero-order chi connectivity index (χ0) is 23.4. The number of hydrazone groups is 1. The van der Waals surface area contributed by atoms with Crippen molar-refractivity contribution in [2.45, 2.75) is 27.3 Å². The molecule has 0 spiro atoms. The maximum absolute atomic E-state index is 12.8. The predicted octanol–water partition coefficient (Wildman–Crippen LogP) is 6.25. The van der Waals surface area contributed by atoms with Gasteiger partial charge >= 0.3 is 0 Å². The summed E-state index contributed by atoms with van der Waals surface area (Å²) in [6.45, 7) is 6.46. The molecule has 3 aromatic rings. The first kappa shape index (κ1) is 21.9. The normalized spacial score (nSPS) is 17.1. The highest BCUT2D eigenvalue weighted by molar-refractivity contribution is 8.26. The van der Waals surface area contributed by atoms with E-state index in [1.54, 1.807) is 12.1 Å². The number of thioether (sulfide) groups is 1. The van der Waals surface area contributed by atoms with Gasteiger partial charge in [-0.15, -0.1) is 0 Å². The van der Waals surface area contributed by atoms with Crippen LogP contribution in [0.1, 0.15) is 29.3 Å². The van der Waals surface area contributed by atoms with Crippen molar-refractivity contribution in [3.63, 3.8) is 0 Å². The van der Waals surface area contributed by atoms with Gasteiger partial charge in [-0.1, -0.05) is 40.9 Å². The van der Waals surface area contributed by atoms with Crippen LogP contribution in [0.15, 0.2) is 52.1 Å². The summed E-state index contributed by atoms with van der Waals surface area (Å²) in [5.74, 6) is -0.395. The molecule has 1 amide bonds. The Morgan fingerprint density at radius 1 is 1.09 bits per heavy atom. The second-order valence-corrected chi connectivity index (χ2v) is 9.97. The molecule has 6 nitrogen and oxygen atoms in total. The summed E-state index contributed by atoms with van der Waals surface area (Å²) in [6, 6.07) is 11.8. The smallest absolute Gasteiger partial charge is 0.283 e. The summed E-state index contributed by atoms with van der Waals surface area (Å²) < 4.78 is 2.18. The van der Waals surface area contributed by atoms with Crippen molar-refractivity contribution in [1.29, 1.82) is 5.41 Å². The Labute approximate surface area is 205 Å². The Bertz CT molecular complexity index is 1470. The van der Waals surface area contributed by atoms with Gasteiger partial charge in [0.05, 0.1) is 20.7 Å². The highest BCUT2D eigenvalue weighted by Crippen LogP contribution is 2.33. The van der Waals surface area contributed by atoms with E-state index in [0.717, 1.165) is 38.3 Å². The van der Waals surface area contributed by atoms with Gasteiger partial charge in [-0.3, -0.25) is 10.2 Å². The third-order valence-corrected chi connectivity index (χ3v) is 7.26. The lowest BCUT2D eigenvalue weighted by molar-refractivity contribution is -0.114. The Morgan fingerprint density at radius 2 is 1.88 bits per heavy atom. The summed E-state index contributed by atoms with van der Waals surface area (Å²) in [7, 11) is 0. The Kier molecular flexibility index (Phi) is 5.43. The van der Waals surface area contributed by atoms with E-state index in [-0.39, 0.29) is 11.4 Å². The average Bonchev–Trinajstić information content (AvgIpc) is 3.25. The van der Waals surface area contributed by atoms with Gasteiger partial charge in [0.15, 0.2) is 5.84 Å². The highest BCUT2D eigenvalue weighted by atomic mass is 35.5. The third-order valence-electron chi connectivity index (χ3n) is 5.70. The van der Waals surface area contributed by atoms with Crippen molar-refractivity contribution in [3.8, 4) is 0 Å². The van der Waals surface area contributed by atoms with Crippen LogP contribution < -0.4 is 0 Å². The number of carbonyl (C=O) groups is 1. The van der Waals surface area contributed by atoms with Crippen LogP contribution in [-0.2, 0) is 11.3 Å². The molecule has 0 saturated heterocycles. The molecule has 33 heavy (non-hydrogen) atoms. The molecule has 0 unspecified atom stereocenters. The average molecular weight is 496 g/mol. The van der Waals surface area contributed by atoms with E-state index < -0.39 is 5.91 Å². The molecular weight excluding hydrogens is 477 g/mol. The zero-order valence-electron chi connectivity index (χ0n) is 18.1. The van der Waals surface area contributed by atoms with E-state index in [1.807, 2.05) is 32.9 Å². The fraction of sp³-hybridized carbons (Fsp3) is 0.167. The van der Waals surface area contributed by atoms with Crippen LogP contribution in [0.3, 0.4) is 0 Å². The molecule has 0 bridgehead atoms. The number of hydrogen-bond acceptors (Lipinski definition) is 4. The zero-order valence-corrected chi connectivity index (χ0v) is 20.4. The van der Waals surface area contributed by atoms with Gasteiger partial charge in [0.2, 0.25) is 5.17 Å². The first-order valence-corrected chi connectivity index (χ1v) is 11.8. The third kappa shape index (κ3) is 3.80. The lowest BCUT2D eigenvalue weighted by Gasteiger charge is -2.20. The quantitative estimate of drug-likeness (QED) is 0.436. The molecule has 1 aromatic heterocycles. The first-order chi connectivity index (χ1) is 15.7. The number of rotatable bonds is 3. The van der Waals surface area contributed by atoms with E-state index in [2.05, 4.69) is 32.9 Å². The number of fused-ring (bicyclic) bond motifs is 2. The predicted molar refractivity (Wildman–Crippen MR) is 138 cm³/mol. The van der Waals surface area contributed by atoms with E-state index in [1.165, 1.54) is 16.8 Å². The number of halogens is 2. The number of aryl methyl sites for hydroxylation is 1. The van der Waals surface area contributed by atoms with E-state index in [9.17, 15) is 4.79 Å². The maximum Gasteiger partial charge on any atom is 0.283 e. The molecule has 3 heterocycles. The standard InChI is InChI=1S/C24H19Cl2N5OS/c1-12-4-7-21-17(8-12)16(13(2)30(21)11-15-5-6-19(25)20(26)9-15)10-18-22(27)31-24(28-23(18)32)33-14(3)29-31/h4-10,27H,11H2,1-3H3/b18-10-,27-22?. The Hall–Kier alpha value is -2.87. The van der Waals surface area contributed by atoms with Crippen molar-refractivity contribution in [2.75, 3.05) is 0 Å². The number of nitrogens with zero attached hydrogens (tertiary/aromatic N) is 4. The van der Waals surface area contributed by atoms with Gasteiger partial charge in [-0.25, -0.2) is 0 Å². The fourth-order valence-corrected chi connectivity index (χ4v) is 5.12. The van der Waals surface area contributed by atoms with E-state index >= 15 is 0 Å². The van der Waals surface area contributed by atoms with Crippen LogP contribution in [-0.4, -0.2) is 31.5 Å². The van der Waals surface area contributed by atoms with Gasteiger partial charge in [0.25, 0.3) is 5.91 Å². The van der Waals surface area contributed by atoms with Crippen LogP contribution in [0.4, 0.5) is 0 Å². The molecule has 5 rings (SSSR count). The van der Waals surface area contributed by atoms with Crippen molar-refractivity contribution in [2.24, 2.45) is 10.1 Å². The van der Waals surface area contributed by atoms with Crippen LogP contribution in [0.25, 0.3) is 17.0 Å². The largest absolute Gasteiger partial charge is 0.340 e. The minimum absolute atomic E-state index is 0.0341. The molecule has 1 N–H and O–H groups in total. The molecule has 2 aromatic carbocycles. The number of amidine groups is 2. The van der Waals surface area contributed by atoms with Gasteiger partial charge < -0.3 is 4.57 Å². The minimum Gasteiger partial charge on any atom is -0.340 e. The molecule has 0 radical (unpaired) electrons. The number of benzene rings is 2. The molecule has 0 aliphatic carbocycles. The van der Waals surface area contributed by atoms with Crippen molar-refractivity contribution >= 4 is 73.9 Å². The van der Waals surface area contributed by atoms with Gasteiger partial charge in [-0.05, 0) is 68.4 Å². The second-order valence-electron chi connectivity index (χ2n) is 7.99. The summed E-state index contributed by atoms with van der Waals surface area (Å²) in [6.07, 6.45) is 1.77. The number of hydrogen-bond donors (Lipinski definition) is 1. The SMILES string of the molecule is CC1=NN2C(=N)/C(=C/c3c(C)n(Cc4ccc(Cl)c(Cl)c4)c4ccc(C)cc34)C(=O)N=C2S1. The molecular formula is C24H19Cl2N5OS. The summed E-state index contributed by atoms with van der Waals surface area (Å²) >= 11 is 13.6. The Morgan fingerprint density at radius 3 is 2.64 bits per heavy atom. The lowest BCUT2D eigenvalue weighted by Crippen LogP contribution is -2.35. The highest BCUT2D eigenvalue weighted by Gasteiger charge is 2.34. The minimum atomic E-state index is -0.430. The molecule has 0 atom stereocenters. The van der Waals surface area contributed by atoms with E-state index in [0.29, 0.717) is 21.8 Å². The van der Waals surface area contributed by atoms with Crippen LogP contribution in [0.5, 0.6) is 0 Å². The molecule has 9 heteroatoms. The van der Waals surface area contributed by atoms with Crippen LogP contribution in [0, 0.1) is 19.3 Å². The number of carbonyl (C=O) groups excluding carboxylic acids is 1. The summed E-state index contributed by atoms with van der Waals surface area (Å²) in [5, 5.41) is 17.5. The number of aromatic nitrogens is 1. The van der Waals surface area contributed by atoms with Crippen LogP contribution >= 0.6 is 35.0 Å². The second kappa shape index (κ2) is 8.17. The number of aliphatic imine (C=N–C) groups is 1. The van der Waals surface area contributed by atoms with Gasteiger partial charge in [0.1, 0.15) is 0 Å². The first-order valence-electron chi connectivity index (χ1n) is 10.2. The summed E-state index contributed by atoms with van der Waals surface area (Å²) in [4.78, 5) is 17.0. The molecule has 0 saturated carbocycles. The van der Waals surface area contributed by atoms with Crippen LogP contribution in [0.2, 0.25) is 10.0 Å². The molecule has 2 aliphatic rings. The topological polar surface area (TPSA) is 73.8 Å². The number of amides is 1. The monoisotopic (exact) mass is 495 g/mol. The van der Waals surface area contributed by atoms with Crippen molar-refractivity contribution in [3.05, 3.63) is 74.4 Å². The van der Waals surface area contributed by atoms with E-state index in [4.69, 9.17) is 28.6 Å². The lowest BCUT2D eigenvalue weighted by atomic mass is 10.0. The molecule has 0 fully saturated rings. The maximum atomic E-state index is 12.8. The Balaban J connectivity index is 1.65.